The van der Waals surface area contributed by atoms with Crippen LogP contribution in [-0.2, 0) is 23.6 Å². The highest BCUT2D eigenvalue weighted by Crippen LogP contribution is 2.27. The van der Waals surface area contributed by atoms with Crippen LogP contribution in [0.2, 0.25) is 5.02 Å². The van der Waals surface area contributed by atoms with Crippen molar-refractivity contribution >= 4 is 33.2 Å². The molecular weight excluding hydrogens is 436 g/mol. The van der Waals surface area contributed by atoms with E-state index < -0.39 is 10.0 Å². The summed E-state index contributed by atoms with van der Waals surface area (Å²) in [5.41, 5.74) is 1.49. The Bertz CT molecular complexity index is 1170. The van der Waals surface area contributed by atoms with Crippen molar-refractivity contribution in [2.75, 3.05) is 4.31 Å². The molecule has 164 valence electrons. The highest BCUT2D eigenvalue weighted by atomic mass is 35.5. The molecule has 0 aliphatic heterocycles. The normalized spacial score (nSPS) is 11.5. The van der Waals surface area contributed by atoms with Crippen molar-refractivity contribution in [3.05, 3.63) is 76.7 Å². The van der Waals surface area contributed by atoms with Crippen molar-refractivity contribution < 1.29 is 13.2 Å². The fraction of sp³-hybridized carbons (Fsp3) is 0.273. The lowest BCUT2D eigenvalue weighted by atomic mass is 10.1. The van der Waals surface area contributed by atoms with E-state index in [1.807, 2.05) is 13.8 Å². The summed E-state index contributed by atoms with van der Waals surface area (Å²) < 4.78 is 30.0. The number of benzene rings is 2. The number of aryl methyl sites for hydroxylation is 2. The van der Waals surface area contributed by atoms with Gasteiger partial charge in [0.05, 0.1) is 12.2 Å². The van der Waals surface area contributed by atoms with Gasteiger partial charge in [0.25, 0.3) is 15.9 Å². The van der Waals surface area contributed by atoms with Crippen LogP contribution in [-0.4, -0.2) is 29.9 Å². The first-order chi connectivity index (χ1) is 14.6. The highest BCUT2D eigenvalue weighted by Gasteiger charge is 2.28. The number of rotatable bonds is 7. The third-order valence-corrected chi connectivity index (χ3v) is 6.59. The third-order valence-electron chi connectivity index (χ3n) is 4.70. The van der Waals surface area contributed by atoms with E-state index in [9.17, 15) is 13.2 Å². The summed E-state index contributed by atoms with van der Waals surface area (Å²) in [5, 5.41) is 3.33. The van der Waals surface area contributed by atoms with Gasteiger partial charge in [-0.05, 0) is 56.7 Å². The summed E-state index contributed by atoms with van der Waals surface area (Å²) in [4.78, 5) is 16.7. The maximum absolute atomic E-state index is 13.6. The Labute approximate surface area is 187 Å². The minimum atomic E-state index is -3.99. The number of hydrogen-bond acceptors (Lipinski definition) is 4. The molecule has 0 saturated carbocycles. The summed E-state index contributed by atoms with van der Waals surface area (Å²) in [6.45, 7) is 5.52. The molecule has 7 nitrogen and oxygen atoms in total. The van der Waals surface area contributed by atoms with E-state index in [2.05, 4.69) is 10.3 Å². The lowest BCUT2D eigenvalue weighted by Gasteiger charge is -2.24. The van der Waals surface area contributed by atoms with Gasteiger partial charge < -0.3 is 9.88 Å². The molecule has 2 aromatic carbocycles. The van der Waals surface area contributed by atoms with Gasteiger partial charge in [-0.15, -0.1) is 0 Å². The number of nitrogens with zero attached hydrogens (tertiary/aromatic N) is 3. The molecule has 0 aliphatic carbocycles. The molecule has 3 rings (SSSR count). The highest BCUT2D eigenvalue weighted by molar-refractivity contribution is 7.92. The lowest BCUT2D eigenvalue weighted by Crippen LogP contribution is -2.32. The molecule has 0 aliphatic rings. The number of anilines is 1. The van der Waals surface area contributed by atoms with Gasteiger partial charge in [0.15, 0.2) is 5.03 Å². The van der Waals surface area contributed by atoms with Gasteiger partial charge in [-0.2, -0.15) is 8.42 Å². The van der Waals surface area contributed by atoms with Crippen molar-refractivity contribution in [1.29, 1.82) is 0 Å². The predicted molar refractivity (Wildman–Crippen MR) is 122 cm³/mol. The van der Waals surface area contributed by atoms with Crippen molar-refractivity contribution in [2.45, 2.75) is 38.4 Å². The molecule has 1 aromatic heterocycles. The van der Waals surface area contributed by atoms with Crippen LogP contribution in [0, 0.1) is 6.92 Å². The van der Waals surface area contributed by atoms with Crippen molar-refractivity contribution in [3.8, 4) is 0 Å². The van der Waals surface area contributed by atoms with Gasteiger partial charge in [-0.3, -0.25) is 9.10 Å². The molecule has 1 N–H and O–H groups in total. The maximum Gasteiger partial charge on any atom is 0.283 e. The standard InChI is InChI=1S/C22H25ClN4O3S/c1-15(2)24-22(28)18-6-5-7-20(12-18)27(13-17-8-10-19(23)11-9-17)31(29,30)21-14-26(4)16(3)25-21/h5-12,14-15H,13H2,1-4H3,(H,24,28). The molecule has 1 amide bonds. The first kappa shape index (κ1) is 22.8. The Morgan fingerprint density at radius 1 is 1.19 bits per heavy atom. The summed E-state index contributed by atoms with van der Waals surface area (Å²) in [6, 6.07) is 13.5. The van der Waals surface area contributed by atoms with Crippen LogP contribution in [0.15, 0.2) is 59.8 Å². The number of carbonyl (C=O) groups is 1. The second kappa shape index (κ2) is 9.11. The van der Waals surface area contributed by atoms with Crippen LogP contribution < -0.4 is 9.62 Å². The predicted octanol–water partition coefficient (Wildman–Crippen LogP) is 3.92. The molecule has 0 bridgehead atoms. The number of hydrogen-bond donors (Lipinski definition) is 1. The number of halogens is 1. The fourth-order valence-corrected chi connectivity index (χ4v) is 4.58. The molecule has 0 unspecified atom stereocenters. The number of imidazole rings is 1. The average Bonchev–Trinajstić information content (AvgIpc) is 3.06. The van der Waals surface area contributed by atoms with Crippen LogP contribution in [0.1, 0.15) is 35.6 Å². The van der Waals surface area contributed by atoms with Gasteiger partial charge in [0.2, 0.25) is 0 Å². The SMILES string of the molecule is Cc1nc(S(=O)(=O)N(Cc2ccc(Cl)cc2)c2cccc(C(=O)NC(C)C)c2)cn1C. The molecule has 0 fully saturated rings. The fourth-order valence-electron chi connectivity index (χ4n) is 2.98. The monoisotopic (exact) mass is 460 g/mol. The van der Waals surface area contributed by atoms with Crippen LogP contribution in [0.5, 0.6) is 0 Å². The molecular formula is C22H25ClN4O3S. The molecule has 0 radical (unpaired) electrons. The second-order valence-corrected chi connectivity index (χ2v) is 9.80. The molecule has 0 saturated heterocycles. The number of sulfonamides is 1. The molecule has 0 atom stereocenters. The topological polar surface area (TPSA) is 84.3 Å². The van der Waals surface area contributed by atoms with E-state index in [4.69, 9.17) is 11.6 Å². The number of carbonyl (C=O) groups excluding carboxylic acids is 1. The quantitative estimate of drug-likeness (QED) is 0.579. The third kappa shape index (κ3) is 5.26. The Balaban J connectivity index is 2.08. The Kier molecular flexibility index (Phi) is 6.71. The Hall–Kier alpha value is -2.84. The van der Waals surface area contributed by atoms with Gasteiger partial charge in [-0.25, -0.2) is 4.98 Å². The van der Waals surface area contributed by atoms with E-state index in [1.165, 1.54) is 10.5 Å². The van der Waals surface area contributed by atoms with Crippen LogP contribution in [0.4, 0.5) is 5.69 Å². The minimum Gasteiger partial charge on any atom is -0.350 e. The smallest absolute Gasteiger partial charge is 0.283 e. The van der Waals surface area contributed by atoms with E-state index >= 15 is 0 Å². The average molecular weight is 461 g/mol. The minimum absolute atomic E-state index is 0.0402. The van der Waals surface area contributed by atoms with Gasteiger partial charge in [0.1, 0.15) is 5.82 Å². The van der Waals surface area contributed by atoms with E-state index in [0.29, 0.717) is 22.1 Å². The number of nitrogens with one attached hydrogen (secondary N) is 1. The summed E-state index contributed by atoms with van der Waals surface area (Å²) in [7, 11) is -2.26. The first-order valence-corrected chi connectivity index (χ1v) is 11.6. The number of amides is 1. The van der Waals surface area contributed by atoms with E-state index in [0.717, 1.165) is 5.56 Å². The Morgan fingerprint density at radius 3 is 2.45 bits per heavy atom. The lowest BCUT2D eigenvalue weighted by molar-refractivity contribution is 0.0943. The molecule has 1 heterocycles. The zero-order valence-corrected chi connectivity index (χ0v) is 19.4. The van der Waals surface area contributed by atoms with E-state index in [-0.39, 0.29) is 23.5 Å². The van der Waals surface area contributed by atoms with Crippen molar-refractivity contribution in [2.24, 2.45) is 7.05 Å². The van der Waals surface area contributed by atoms with Crippen LogP contribution >= 0.6 is 11.6 Å². The zero-order chi connectivity index (χ0) is 22.8. The van der Waals surface area contributed by atoms with Crippen molar-refractivity contribution in [1.82, 2.24) is 14.9 Å². The van der Waals surface area contributed by atoms with Crippen LogP contribution in [0.3, 0.4) is 0 Å². The van der Waals surface area contributed by atoms with Crippen molar-refractivity contribution in [3.63, 3.8) is 0 Å². The number of aromatic nitrogens is 2. The van der Waals surface area contributed by atoms with Crippen LogP contribution in [0.25, 0.3) is 0 Å². The zero-order valence-electron chi connectivity index (χ0n) is 17.8. The largest absolute Gasteiger partial charge is 0.350 e. The molecule has 31 heavy (non-hydrogen) atoms. The first-order valence-electron chi connectivity index (χ1n) is 9.76. The summed E-state index contributed by atoms with van der Waals surface area (Å²) >= 11 is 5.98. The molecule has 0 spiro atoms. The second-order valence-electron chi connectivity index (χ2n) is 7.55. The Morgan fingerprint density at radius 2 is 1.87 bits per heavy atom. The molecule has 9 heteroatoms. The van der Waals surface area contributed by atoms with Gasteiger partial charge in [-0.1, -0.05) is 29.8 Å². The molecule has 3 aromatic rings. The maximum atomic E-state index is 13.6. The van der Waals surface area contributed by atoms with Gasteiger partial charge >= 0.3 is 0 Å². The van der Waals surface area contributed by atoms with E-state index in [1.54, 1.807) is 67.1 Å². The summed E-state index contributed by atoms with van der Waals surface area (Å²) in [5.74, 6) is 0.310. The summed E-state index contributed by atoms with van der Waals surface area (Å²) in [6.07, 6.45) is 1.48. The van der Waals surface area contributed by atoms with Gasteiger partial charge in [0, 0.05) is 29.9 Å².